The SMILES string of the molecule is Cc1ccc(CC2(NC(=O)[C@H]3CC4(CCNCC4)CN3C)CC2)cc1. The number of benzene rings is 1. The molecule has 2 heterocycles. The Labute approximate surface area is 151 Å². The number of carbonyl (C=O) groups is 1. The zero-order valence-corrected chi connectivity index (χ0v) is 15.6. The molecule has 4 nitrogen and oxygen atoms in total. The van der Waals surface area contributed by atoms with Crippen molar-refractivity contribution in [1.29, 1.82) is 0 Å². The molecule has 1 amide bonds. The zero-order chi connectivity index (χ0) is 17.5. The van der Waals surface area contributed by atoms with Crippen molar-refractivity contribution in [3.05, 3.63) is 35.4 Å². The molecule has 0 radical (unpaired) electrons. The number of hydrogen-bond acceptors (Lipinski definition) is 3. The number of nitrogens with zero attached hydrogens (tertiary/aromatic N) is 1. The number of hydrogen-bond donors (Lipinski definition) is 2. The van der Waals surface area contributed by atoms with Crippen LogP contribution in [-0.2, 0) is 11.2 Å². The third-order valence-corrected chi connectivity index (χ3v) is 6.62. The Hall–Kier alpha value is -1.39. The second-order valence-electron chi connectivity index (χ2n) is 8.82. The Morgan fingerprint density at radius 3 is 2.52 bits per heavy atom. The van der Waals surface area contributed by atoms with Gasteiger partial charge in [0.2, 0.25) is 5.91 Å². The second-order valence-corrected chi connectivity index (χ2v) is 8.82. The number of amides is 1. The van der Waals surface area contributed by atoms with E-state index in [1.54, 1.807) is 0 Å². The van der Waals surface area contributed by atoms with Crippen LogP contribution < -0.4 is 10.6 Å². The maximum Gasteiger partial charge on any atom is 0.237 e. The third-order valence-electron chi connectivity index (χ3n) is 6.62. The topological polar surface area (TPSA) is 44.4 Å². The van der Waals surface area contributed by atoms with Crippen molar-refractivity contribution >= 4 is 5.91 Å². The van der Waals surface area contributed by atoms with Crippen LogP contribution in [0.4, 0.5) is 0 Å². The lowest BCUT2D eigenvalue weighted by molar-refractivity contribution is -0.126. The molecule has 3 fully saturated rings. The van der Waals surface area contributed by atoms with E-state index in [9.17, 15) is 4.79 Å². The fraction of sp³-hybridized carbons (Fsp3) is 0.667. The summed E-state index contributed by atoms with van der Waals surface area (Å²) in [6.07, 6.45) is 6.61. The van der Waals surface area contributed by atoms with E-state index in [2.05, 4.69) is 53.8 Å². The van der Waals surface area contributed by atoms with E-state index in [0.29, 0.717) is 5.41 Å². The molecule has 3 aliphatic rings. The van der Waals surface area contributed by atoms with Gasteiger partial charge in [-0.15, -0.1) is 0 Å². The van der Waals surface area contributed by atoms with E-state index in [1.807, 2.05) is 0 Å². The monoisotopic (exact) mass is 341 g/mol. The number of likely N-dealkylation sites (tertiary alicyclic amines) is 1. The summed E-state index contributed by atoms with van der Waals surface area (Å²) in [5.74, 6) is 0.252. The summed E-state index contributed by atoms with van der Waals surface area (Å²) in [6, 6.07) is 8.78. The van der Waals surface area contributed by atoms with Crippen LogP contribution in [0.5, 0.6) is 0 Å². The minimum Gasteiger partial charge on any atom is -0.349 e. The van der Waals surface area contributed by atoms with Crippen molar-refractivity contribution in [2.24, 2.45) is 5.41 Å². The Morgan fingerprint density at radius 2 is 1.88 bits per heavy atom. The van der Waals surface area contributed by atoms with E-state index < -0.39 is 0 Å². The number of likely N-dealkylation sites (N-methyl/N-ethyl adjacent to an activating group) is 1. The van der Waals surface area contributed by atoms with Crippen molar-refractivity contribution in [3.8, 4) is 0 Å². The first-order chi connectivity index (χ1) is 12.0. The van der Waals surface area contributed by atoms with Crippen LogP contribution in [-0.4, -0.2) is 49.1 Å². The van der Waals surface area contributed by atoms with Gasteiger partial charge in [0.25, 0.3) is 0 Å². The average Bonchev–Trinajstić information content (AvgIpc) is 3.26. The van der Waals surface area contributed by atoms with Gasteiger partial charge in [0.1, 0.15) is 0 Å². The van der Waals surface area contributed by atoms with E-state index in [4.69, 9.17) is 0 Å². The smallest absolute Gasteiger partial charge is 0.237 e. The standard InChI is InChI=1S/C21H31N3O/c1-16-3-5-17(6-4-16)13-21(7-8-21)23-19(25)18-14-20(15-24(18)2)9-11-22-12-10-20/h3-6,18,22H,7-15H2,1-2H3,(H,23,25)/t18-/m1/s1. The first-order valence-electron chi connectivity index (χ1n) is 9.78. The Balaban J connectivity index is 1.39. The number of carbonyl (C=O) groups excluding carboxylic acids is 1. The molecule has 1 aliphatic carbocycles. The fourth-order valence-corrected chi connectivity index (χ4v) is 4.82. The van der Waals surface area contributed by atoms with Gasteiger partial charge in [0.05, 0.1) is 6.04 Å². The molecule has 1 aromatic rings. The molecule has 1 aromatic carbocycles. The van der Waals surface area contributed by atoms with E-state index in [0.717, 1.165) is 45.3 Å². The molecule has 1 atom stereocenters. The highest BCUT2D eigenvalue weighted by Crippen LogP contribution is 2.43. The van der Waals surface area contributed by atoms with Crippen LogP contribution in [0, 0.1) is 12.3 Å². The Kier molecular flexibility index (Phi) is 4.37. The molecule has 2 saturated heterocycles. The molecular weight excluding hydrogens is 310 g/mol. The van der Waals surface area contributed by atoms with Crippen LogP contribution in [0.2, 0.25) is 0 Å². The van der Waals surface area contributed by atoms with Crippen LogP contribution in [0.15, 0.2) is 24.3 Å². The van der Waals surface area contributed by atoms with Gasteiger partial charge in [-0.05, 0) is 76.6 Å². The first-order valence-corrected chi connectivity index (χ1v) is 9.78. The summed E-state index contributed by atoms with van der Waals surface area (Å²) >= 11 is 0. The molecular formula is C21H31N3O. The van der Waals surface area contributed by atoms with Gasteiger partial charge in [-0.2, -0.15) is 0 Å². The molecule has 136 valence electrons. The summed E-state index contributed by atoms with van der Waals surface area (Å²) in [5, 5.41) is 6.88. The first kappa shape index (κ1) is 17.0. The Bertz CT molecular complexity index is 629. The molecule has 2 N–H and O–H groups in total. The summed E-state index contributed by atoms with van der Waals surface area (Å²) in [4.78, 5) is 15.3. The molecule has 0 unspecified atom stereocenters. The minimum absolute atomic E-state index is 0.0110. The average molecular weight is 341 g/mol. The molecule has 25 heavy (non-hydrogen) atoms. The van der Waals surface area contributed by atoms with Gasteiger partial charge in [0, 0.05) is 12.1 Å². The predicted octanol–water partition coefficient (Wildman–Crippen LogP) is 2.26. The molecule has 1 saturated carbocycles. The fourth-order valence-electron chi connectivity index (χ4n) is 4.82. The Morgan fingerprint density at radius 1 is 1.20 bits per heavy atom. The zero-order valence-electron chi connectivity index (χ0n) is 15.6. The maximum absolute atomic E-state index is 13.0. The quantitative estimate of drug-likeness (QED) is 0.883. The minimum atomic E-state index is 0.0110. The summed E-state index contributed by atoms with van der Waals surface area (Å²) < 4.78 is 0. The number of rotatable bonds is 4. The van der Waals surface area contributed by atoms with Crippen molar-refractivity contribution in [3.63, 3.8) is 0 Å². The van der Waals surface area contributed by atoms with Crippen LogP contribution in [0.3, 0.4) is 0 Å². The number of aryl methyl sites for hydroxylation is 1. The largest absolute Gasteiger partial charge is 0.349 e. The van der Waals surface area contributed by atoms with E-state index >= 15 is 0 Å². The molecule has 0 aromatic heterocycles. The lowest BCUT2D eigenvalue weighted by atomic mass is 9.77. The highest BCUT2D eigenvalue weighted by Gasteiger charge is 2.49. The third kappa shape index (κ3) is 3.61. The molecule has 0 bridgehead atoms. The lowest BCUT2D eigenvalue weighted by Crippen LogP contribution is -2.47. The van der Waals surface area contributed by atoms with Crippen LogP contribution >= 0.6 is 0 Å². The summed E-state index contributed by atoms with van der Waals surface area (Å²) in [5.41, 5.74) is 2.99. The van der Waals surface area contributed by atoms with Crippen molar-refractivity contribution in [2.75, 3.05) is 26.7 Å². The number of nitrogens with one attached hydrogen (secondary N) is 2. The second kappa shape index (κ2) is 6.40. The van der Waals surface area contributed by atoms with E-state index in [-0.39, 0.29) is 17.5 Å². The van der Waals surface area contributed by atoms with Gasteiger partial charge in [-0.3, -0.25) is 9.69 Å². The van der Waals surface area contributed by atoms with Gasteiger partial charge in [-0.25, -0.2) is 0 Å². The molecule has 4 rings (SSSR count). The number of piperidine rings is 1. The van der Waals surface area contributed by atoms with Crippen molar-refractivity contribution < 1.29 is 4.79 Å². The van der Waals surface area contributed by atoms with E-state index in [1.165, 1.54) is 24.0 Å². The van der Waals surface area contributed by atoms with Crippen LogP contribution in [0.1, 0.15) is 43.2 Å². The molecule has 4 heteroatoms. The normalized spacial score (nSPS) is 27.4. The van der Waals surface area contributed by atoms with Crippen LogP contribution in [0.25, 0.3) is 0 Å². The van der Waals surface area contributed by atoms with Crippen molar-refractivity contribution in [2.45, 2.75) is 57.0 Å². The summed E-state index contributed by atoms with van der Waals surface area (Å²) in [7, 11) is 2.13. The predicted molar refractivity (Wildman–Crippen MR) is 101 cm³/mol. The highest BCUT2D eigenvalue weighted by atomic mass is 16.2. The van der Waals surface area contributed by atoms with Gasteiger partial charge >= 0.3 is 0 Å². The molecule has 1 spiro atoms. The molecule has 2 aliphatic heterocycles. The summed E-state index contributed by atoms with van der Waals surface area (Å²) in [6.45, 7) is 5.38. The lowest BCUT2D eigenvalue weighted by Gasteiger charge is -2.33. The van der Waals surface area contributed by atoms with Gasteiger partial charge < -0.3 is 10.6 Å². The maximum atomic E-state index is 13.0. The van der Waals surface area contributed by atoms with Gasteiger partial charge in [-0.1, -0.05) is 29.8 Å². The van der Waals surface area contributed by atoms with Gasteiger partial charge in [0.15, 0.2) is 0 Å². The van der Waals surface area contributed by atoms with Crippen molar-refractivity contribution in [1.82, 2.24) is 15.5 Å². The highest BCUT2D eigenvalue weighted by molar-refractivity contribution is 5.83.